The molecule has 1 aromatic carbocycles. The first kappa shape index (κ1) is 12.7. The van der Waals surface area contributed by atoms with Crippen LogP contribution in [0.3, 0.4) is 0 Å². The molecular weight excluding hydrogens is 254 g/mol. The molecule has 94 valence electrons. The van der Waals surface area contributed by atoms with Gasteiger partial charge in [0.05, 0.1) is 29.1 Å². The molecule has 5 nitrogen and oxygen atoms in total. The highest BCUT2D eigenvalue weighted by Crippen LogP contribution is 2.28. The zero-order chi connectivity index (χ0) is 13.0. The summed E-state index contributed by atoms with van der Waals surface area (Å²) in [5.41, 5.74) is 0.268. The fourth-order valence-corrected chi connectivity index (χ4v) is 2.37. The van der Waals surface area contributed by atoms with Crippen molar-refractivity contribution in [3.63, 3.8) is 0 Å². The Morgan fingerprint density at radius 1 is 1.39 bits per heavy atom. The highest BCUT2D eigenvalue weighted by atomic mass is 32.2. The fourth-order valence-electron chi connectivity index (χ4n) is 1.51. The molecule has 0 fully saturated rings. The molecule has 0 bridgehead atoms. The quantitative estimate of drug-likeness (QED) is 0.511. The second-order valence-electron chi connectivity index (χ2n) is 3.57. The molecule has 2 rings (SSSR count). The predicted octanol–water partition coefficient (Wildman–Crippen LogP) is 2.97. The third kappa shape index (κ3) is 2.91. The molecule has 0 unspecified atom stereocenters. The van der Waals surface area contributed by atoms with Gasteiger partial charge in [-0.3, -0.25) is 10.1 Å². The number of nitro benzene ring substituents is 1. The zero-order valence-electron chi connectivity index (χ0n) is 9.41. The van der Waals surface area contributed by atoms with E-state index in [-0.39, 0.29) is 12.3 Å². The maximum absolute atomic E-state index is 10.7. The summed E-state index contributed by atoms with van der Waals surface area (Å²) >= 11 is 1.50. The van der Waals surface area contributed by atoms with Crippen molar-refractivity contribution < 1.29 is 14.4 Å². The van der Waals surface area contributed by atoms with Gasteiger partial charge in [-0.15, -0.1) is 11.8 Å². The lowest BCUT2D eigenvalue weighted by molar-refractivity contribution is -0.385. The van der Waals surface area contributed by atoms with E-state index < -0.39 is 4.92 Å². The van der Waals surface area contributed by atoms with E-state index in [0.29, 0.717) is 11.3 Å². The van der Waals surface area contributed by atoms with Gasteiger partial charge in [0.15, 0.2) is 0 Å². The van der Waals surface area contributed by atoms with Crippen LogP contribution in [0.4, 0.5) is 5.69 Å². The van der Waals surface area contributed by atoms with Crippen LogP contribution in [0, 0.1) is 10.1 Å². The van der Waals surface area contributed by atoms with Gasteiger partial charge in [0.1, 0.15) is 5.76 Å². The number of aliphatic hydroxyl groups excluding tert-OH is 1. The van der Waals surface area contributed by atoms with E-state index >= 15 is 0 Å². The molecule has 1 N–H and O–H groups in total. The van der Waals surface area contributed by atoms with Crippen molar-refractivity contribution in [3.8, 4) is 0 Å². The monoisotopic (exact) mass is 265 g/mol. The number of benzene rings is 1. The number of aliphatic hydroxyl groups is 1. The summed E-state index contributed by atoms with van der Waals surface area (Å²) in [5.74, 6) is 1.49. The second kappa shape index (κ2) is 5.70. The number of hydrogen-bond acceptors (Lipinski definition) is 5. The van der Waals surface area contributed by atoms with E-state index in [1.807, 2.05) is 12.1 Å². The first-order valence-corrected chi connectivity index (χ1v) is 6.22. The van der Waals surface area contributed by atoms with Crippen LogP contribution in [-0.2, 0) is 12.4 Å². The molecule has 0 spiro atoms. The molecule has 1 aromatic heterocycles. The molecule has 1 heterocycles. The Balaban J connectivity index is 2.12. The summed E-state index contributed by atoms with van der Waals surface area (Å²) < 4.78 is 5.20. The van der Waals surface area contributed by atoms with E-state index in [0.717, 1.165) is 10.7 Å². The van der Waals surface area contributed by atoms with Crippen LogP contribution in [0.1, 0.15) is 11.3 Å². The van der Waals surface area contributed by atoms with E-state index in [1.165, 1.54) is 17.8 Å². The number of hydrogen-bond donors (Lipinski definition) is 1. The molecule has 6 heteroatoms. The van der Waals surface area contributed by atoms with Crippen molar-refractivity contribution in [3.05, 3.63) is 58.0 Å². The highest BCUT2D eigenvalue weighted by Gasteiger charge is 2.13. The van der Waals surface area contributed by atoms with Crippen LogP contribution >= 0.6 is 11.8 Å². The first-order valence-electron chi connectivity index (χ1n) is 5.24. The van der Waals surface area contributed by atoms with Gasteiger partial charge < -0.3 is 9.52 Å². The molecule has 18 heavy (non-hydrogen) atoms. The van der Waals surface area contributed by atoms with E-state index in [2.05, 4.69) is 0 Å². The summed E-state index contributed by atoms with van der Waals surface area (Å²) in [6.07, 6.45) is 1.60. The van der Waals surface area contributed by atoms with Crippen LogP contribution in [0.2, 0.25) is 0 Å². The van der Waals surface area contributed by atoms with E-state index in [4.69, 9.17) is 9.52 Å². The molecular formula is C12H11NO4S. The van der Waals surface area contributed by atoms with Crippen LogP contribution in [0.15, 0.2) is 45.9 Å². The molecule has 0 aliphatic carbocycles. The molecule has 2 aromatic rings. The lowest BCUT2D eigenvalue weighted by Gasteiger charge is -2.03. The van der Waals surface area contributed by atoms with Crippen LogP contribution in [0.5, 0.6) is 0 Å². The van der Waals surface area contributed by atoms with Crippen molar-refractivity contribution in [2.75, 3.05) is 0 Å². The average molecular weight is 265 g/mol. The average Bonchev–Trinajstić information content (AvgIpc) is 2.88. The SMILES string of the molecule is O=[N+]([O-])c1ccc(SCc2ccco2)cc1CO. The maximum atomic E-state index is 10.7. The van der Waals surface area contributed by atoms with Gasteiger partial charge in [0.25, 0.3) is 5.69 Å². The van der Waals surface area contributed by atoms with Gasteiger partial charge in [-0.25, -0.2) is 0 Å². The Hall–Kier alpha value is -1.79. The number of nitrogens with zero attached hydrogens (tertiary/aromatic N) is 1. The Bertz CT molecular complexity index is 539. The van der Waals surface area contributed by atoms with Gasteiger partial charge in [-0.2, -0.15) is 0 Å². The van der Waals surface area contributed by atoms with Crippen molar-refractivity contribution in [2.24, 2.45) is 0 Å². The molecule has 0 aliphatic heterocycles. The minimum atomic E-state index is -0.494. The van der Waals surface area contributed by atoms with Crippen LogP contribution < -0.4 is 0 Å². The summed E-state index contributed by atoms with van der Waals surface area (Å²) in [7, 11) is 0. The van der Waals surface area contributed by atoms with Gasteiger partial charge >= 0.3 is 0 Å². The fraction of sp³-hybridized carbons (Fsp3) is 0.167. The minimum Gasteiger partial charge on any atom is -0.468 e. The largest absolute Gasteiger partial charge is 0.468 e. The summed E-state index contributed by atoms with van der Waals surface area (Å²) in [4.78, 5) is 11.1. The third-order valence-electron chi connectivity index (χ3n) is 2.38. The van der Waals surface area contributed by atoms with Crippen molar-refractivity contribution >= 4 is 17.4 Å². The van der Waals surface area contributed by atoms with Crippen molar-refractivity contribution in [1.29, 1.82) is 0 Å². The predicted molar refractivity (Wildman–Crippen MR) is 67.3 cm³/mol. The molecule has 0 aliphatic rings. The number of nitro groups is 1. The Kier molecular flexibility index (Phi) is 4.01. The molecule has 0 amide bonds. The molecule has 0 saturated heterocycles. The lowest BCUT2D eigenvalue weighted by atomic mass is 10.2. The topological polar surface area (TPSA) is 76.5 Å². The first-order chi connectivity index (χ1) is 8.70. The summed E-state index contributed by atoms with van der Waals surface area (Å²) in [5, 5.41) is 19.8. The third-order valence-corrected chi connectivity index (χ3v) is 3.40. The van der Waals surface area contributed by atoms with Crippen LogP contribution in [-0.4, -0.2) is 10.0 Å². The van der Waals surface area contributed by atoms with Crippen molar-refractivity contribution in [1.82, 2.24) is 0 Å². The van der Waals surface area contributed by atoms with Gasteiger partial charge in [0, 0.05) is 11.0 Å². The van der Waals surface area contributed by atoms with E-state index in [1.54, 1.807) is 18.4 Å². The smallest absolute Gasteiger partial charge is 0.274 e. The molecule has 0 saturated carbocycles. The summed E-state index contributed by atoms with van der Waals surface area (Å²) in [6.45, 7) is -0.342. The van der Waals surface area contributed by atoms with Crippen LogP contribution in [0.25, 0.3) is 0 Å². The second-order valence-corrected chi connectivity index (χ2v) is 4.62. The van der Waals surface area contributed by atoms with Gasteiger partial charge in [-0.1, -0.05) is 0 Å². The molecule has 0 radical (unpaired) electrons. The molecule has 0 atom stereocenters. The minimum absolute atomic E-state index is 0.0557. The standard InChI is InChI=1S/C12H11NO4S/c14-7-9-6-11(3-4-12(9)13(15)16)18-8-10-2-1-5-17-10/h1-6,14H,7-8H2. The number of furan rings is 1. The lowest BCUT2D eigenvalue weighted by Crippen LogP contribution is -1.95. The van der Waals surface area contributed by atoms with Gasteiger partial charge in [0.2, 0.25) is 0 Å². The Labute approximate surface area is 108 Å². The highest BCUT2D eigenvalue weighted by molar-refractivity contribution is 7.98. The maximum Gasteiger partial charge on any atom is 0.274 e. The Morgan fingerprint density at radius 3 is 2.83 bits per heavy atom. The summed E-state index contributed by atoms with van der Waals surface area (Å²) in [6, 6.07) is 8.39. The van der Waals surface area contributed by atoms with E-state index in [9.17, 15) is 10.1 Å². The van der Waals surface area contributed by atoms with Crippen molar-refractivity contribution in [2.45, 2.75) is 17.3 Å². The Morgan fingerprint density at radius 2 is 2.22 bits per heavy atom. The normalized spacial score (nSPS) is 10.5. The number of rotatable bonds is 5. The zero-order valence-corrected chi connectivity index (χ0v) is 10.2. The van der Waals surface area contributed by atoms with Gasteiger partial charge in [-0.05, 0) is 24.3 Å². The number of thioether (sulfide) groups is 1.